The fourth-order valence-electron chi connectivity index (χ4n) is 2.70. The molecule has 2 rings (SSSR count). The van der Waals surface area contributed by atoms with Crippen molar-refractivity contribution in [3.8, 4) is 0 Å². The first kappa shape index (κ1) is 9.46. The lowest BCUT2D eigenvalue weighted by Gasteiger charge is -2.44. The number of rotatable bonds is 1. The van der Waals surface area contributed by atoms with E-state index in [-0.39, 0.29) is 5.25 Å². The fraction of sp³-hybridized carbons (Fsp3) is 1.00. The largest absolute Gasteiger partial charge is 0.306 e. The summed E-state index contributed by atoms with van der Waals surface area (Å²) in [5, 5.41) is -0.0426. The van der Waals surface area contributed by atoms with Gasteiger partial charge in [-0.25, -0.2) is 8.42 Å². The molecule has 0 bridgehead atoms. The number of likely N-dealkylation sites (tertiary alicyclic amines) is 1. The normalized spacial score (nSPS) is 40.9. The van der Waals surface area contributed by atoms with E-state index in [1.54, 1.807) is 0 Å². The van der Waals surface area contributed by atoms with Crippen LogP contribution in [0, 0.1) is 5.41 Å². The highest BCUT2D eigenvalue weighted by Gasteiger charge is 2.50. The molecule has 1 aliphatic heterocycles. The van der Waals surface area contributed by atoms with E-state index in [1.807, 2.05) is 0 Å². The lowest BCUT2D eigenvalue weighted by atomic mass is 9.68. The van der Waals surface area contributed by atoms with Gasteiger partial charge in [-0.05, 0) is 38.3 Å². The highest BCUT2D eigenvalue weighted by Crippen LogP contribution is 2.50. The summed E-state index contributed by atoms with van der Waals surface area (Å²) < 4.78 is 22.4. The van der Waals surface area contributed by atoms with E-state index in [0.29, 0.717) is 5.41 Å². The molecule has 0 aromatic carbocycles. The zero-order valence-corrected chi connectivity index (χ0v) is 9.10. The Labute approximate surface area is 80.0 Å². The maximum absolute atomic E-state index is 11.2. The molecule has 4 heteroatoms. The second-order valence-corrected chi connectivity index (χ2v) is 7.17. The molecule has 0 aromatic heterocycles. The van der Waals surface area contributed by atoms with Crippen molar-refractivity contribution in [1.29, 1.82) is 0 Å². The molecule has 0 atom stereocenters. The van der Waals surface area contributed by atoms with Crippen LogP contribution >= 0.6 is 0 Å². The van der Waals surface area contributed by atoms with Crippen molar-refractivity contribution in [1.82, 2.24) is 4.90 Å². The summed E-state index contributed by atoms with van der Waals surface area (Å²) in [5.74, 6) is 0. The molecule has 2 fully saturated rings. The molecule has 1 heterocycles. The smallest absolute Gasteiger partial charge is 0.150 e. The standard InChI is InChI=1S/C9H17NO2S/c1-10-4-3-9(7-10)5-8(6-9)13(2,11)12/h8H,3-7H2,1-2H3. The van der Waals surface area contributed by atoms with Crippen molar-refractivity contribution in [3.05, 3.63) is 0 Å². The van der Waals surface area contributed by atoms with E-state index in [0.717, 1.165) is 25.9 Å². The number of nitrogens with zero attached hydrogens (tertiary/aromatic N) is 1. The lowest BCUT2D eigenvalue weighted by molar-refractivity contribution is 0.149. The molecule has 0 radical (unpaired) electrons. The Balaban J connectivity index is 1.98. The second-order valence-electron chi connectivity index (χ2n) is 4.85. The van der Waals surface area contributed by atoms with Gasteiger partial charge in [0.15, 0.2) is 0 Å². The monoisotopic (exact) mass is 203 g/mol. The summed E-state index contributed by atoms with van der Waals surface area (Å²) in [5.41, 5.74) is 0.364. The maximum atomic E-state index is 11.2. The van der Waals surface area contributed by atoms with Crippen molar-refractivity contribution in [2.24, 2.45) is 5.41 Å². The van der Waals surface area contributed by atoms with Crippen LogP contribution in [0.25, 0.3) is 0 Å². The highest BCUT2D eigenvalue weighted by atomic mass is 32.2. The number of hydrogen-bond acceptors (Lipinski definition) is 3. The average molecular weight is 203 g/mol. The molecule has 0 N–H and O–H groups in total. The average Bonchev–Trinajstić information content (AvgIpc) is 2.25. The van der Waals surface area contributed by atoms with E-state index in [4.69, 9.17) is 0 Å². The summed E-state index contributed by atoms with van der Waals surface area (Å²) in [7, 11) is -0.652. The third-order valence-corrected chi connectivity index (χ3v) is 5.10. The Bertz CT molecular complexity index is 304. The molecule has 0 unspecified atom stereocenters. The summed E-state index contributed by atoms with van der Waals surface area (Å²) in [6, 6.07) is 0. The van der Waals surface area contributed by atoms with Crippen LogP contribution in [0.3, 0.4) is 0 Å². The van der Waals surface area contributed by atoms with Gasteiger partial charge >= 0.3 is 0 Å². The van der Waals surface area contributed by atoms with Crippen LogP contribution in [0.1, 0.15) is 19.3 Å². The van der Waals surface area contributed by atoms with Crippen molar-refractivity contribution in [3.63, 3.8) is 0 Å². The summed E-state index contributed by atoms with van der Waals surface area (Å²) in [4.78, 5) is 2.30. The molecule has 2 aliphatic rings. The van der Waals surface area contributed by atoms with Crippen LogP contribution in [-0.4, -0.2) is 45.0 Å². The molecule has 1 saturated carbocycles. The van der Waals surface area contributed by atoms with Gasteiger partial charge in [-0.3, -0.25) is 0 Å². The minimum absolute atomic E-state index is 0.0426. The SMILES string of the molecule is CN1CCC2(CC(S(C)(=O)=O)C2)C1. The first-order chi connectivity index (χ1) is 5.91. The first-order valence-corrected chi connectivity index (χ1v) is 6.74. The van der Waals surface area contributed by atoms with Crippen molar-refractivity contribution in [2.75, 3.05) is 26.4 Å². The van der Waals surface area contributed by atoms with E-state index in [1.165, 1.54) is 12.7 Å². The van der Waals surface area contributed by atoms with Gasteiger partial charge in [-0.2, -0.15) is 0 Å². The van der Waals surface area contributed by atoms with E-state index in [9.17, 15) is 8.42 Å². The topological polar surface area (TPSA) is 37.4 Å². The predicted octanol–water partition coefficient (Wildman–Crippen LogP) is 0.515. The molecule has 1 saturated heterocycles. The molecular weight excluding hydrogens is 186 g/mol. The lowest BCUT2D eigenvalue weighted by Crippen LogP contribution is -2.46. The van der Waals surface area contributed by atoms with E-state index >= 15 is 0 Å². The molecule has 13 heavy (non-hydrogen) atoms. The number of sulfone groups is 1. The minimum atomic E-state index is -2.77. The molecule has 0 aromatic rings. The molecule has 1 spiro atoms. The molecule has 3 nitrogen and oxygen atoms in total. The van der Waals surface area contributed by atoms with Crippen molar-refractivity contribution in [2.45, 2.75) is 24.5 Å². The second kappa shape index (κ2) is 2.70. The third-order valence-electron chi connectivity index (χ3n) is 3.56. The van der Waals surface area contributed by atoms with Gasteiger partial charge in [0, 0.05) is 12.8 Å². The van der Waals surface area contributed by atoms with Gasteiger partial charge in [0.25, 0.3) is 0 Å². The Kier molecular flexibility index (Phi) is 1.97. The Hall–Kier alpha value is -0.0900. The van der Waals surface area contributed by atoms with Crippen LogP contribution < -0.4 is 0 Å². The van der Waals surface area contributed by atoms with Crippen LogP contribution in [0.5, 0.6) is 0 Å². The Morgan fingerprint density at radius 1 is 1.38 bits per heavy atom. The Morgan fingerprint density at radius 2 is 2.00 bits per heavy atom. The first-order valence-electron chi connectivity index (χ1n) is 4.79. The minimum Gasteiger partial charge on any atom is -0.306 e. The quantitative estimate of drug-likeness (QED) is 0.623. The van der Waals surface area contributed by atoms with Gasteiger partial charge < -0.3 is 4.90 Å². The van der Waals surface area contributed by atoms with Gasteiger partial charge in [0.05, 0.1) is 5.25 Å². The highest BCUT2D eigenvalue weighted by molar-refractivity contribution is 7.91. The van der Waals surface area contributed by atoms with Crippen LogP contribution in [0.2, 0.25) is 0 Å². The molecular formula is C9H17NO2S. The van der Waals surface area contributed by atoms with Crippen molar-refractivity contribution >= 4 is 9.84 Å². The summed E-state index contributed by atoms with van der Waals surface area (Å²) in [6.45, 7) is 2.23. The molecule has 1 aliphatic carbocycles. The van der Waals surface area contributed by atoms with Crippen LogP contribution in [0.15, 0.2) is 0 Å². The zero-order chi connectivity index (χ0) is 9.69. The molecule has 76 valence electrons. The van der Waals surface area contributed by atoms with E-state index in [2.05, 4.69) is 11.9 Å². The van der Waals surface area contributed by atoms with Gasteiger partial charge in [0.2, 0.25) is 0 Å². The fourth-order valence-corrected chi connectivity index (χ4v) is 4.01. The van der Waals surface area contributed by atoms with Gasteiger partial charge in [-0.1, -0.05) is 0 Å². The molecule has 0 amide bonds. The van der Waals surface area contributed by atoms with Gasteiger partial charge in [0.1, 0.15) is 9.84 Å². The van der Waals surface area contributed by atoms with E-state index < -0.39 is 9.84 Å². The Morgan fingerprint density at radius 3 is 2.38 bits per heavy atom. The number of hydrogen-bond donors (Lipinski definition) is 0. The van der Waals surface area contributed by atoms with Crippen LogP contribution in [-0.2, 0) is 9.84 Å². The maximum Gasteiger partial charge on any atom is 0.150 e. The zero-order valence-electron chi connectivity index (χ0n) is 8.28. The van der Waals surface area contributed by atoms with Crippen molar-refractivity contribution < 1.29 is 8.42 Å². The predicted molar refractivity (Wildman–Crippen MR) is 52.4 cm³/mol. The van der Waals surface area contributed by atoms with Gasteiger partial charge in [-0.15, -0.1) is 0 Å². The third kappa shape index (κ3) is 1.62. The van der Waals surface area contributed by atoms with Crippen LogP contribution in [0.4, 0.5) is 0 Å². The summed E-state index contributed by atoms with van der Waals surface area (Å²) in [6.07, 6.45) is 4.35. The summed E-state index contributed by atoms with van der Waals surface area (Å²) >= 11 is 0.